The van der Waals surface area contributed by atoms with Gasteiger partial charge in [0.25, 0.3) is 0 Å². The van der Waals surface area contributed by atoms with Crippen molar-refractivity contribution in [2.45, 2.75) is 24.8 Å². The van der Waals surface area contributed by atoms with Crippen LogP contribution in [0.2, 0.25) is 0 Å². The lowest BCUT2D eigenvalue weighted by molar-refractivity contribution is -0.114. The van der Waals surface area contributed by atoms with Gasteiger partial charge in [-0.05, 0) is 31.2 Å². The first kappa shape index (κ1) is 15.1. The maximum Gasteiger partial charge on any atom is 0.241 e. The Bertz CT molecular complexity index is 710. The summed E-state index contributed by atoms with van der Waals surface area (Å²) in [6.07, 6.45) is 1.31. The molecule has 1 heterocycles. The number of aromatic amines is 1. The summed E-state index contributed by atoms with van der Waals surface area (Å²) in [5.74, 6) is 0.205. The van der Waals surface area contributed by atoms with Crippen LogP contribution in [0.1, 0.15) is 25.7 Å². The van der Waals surface area contributed by atoms with E-state index in [1.54, 1.807) is 6.92 Å². The van der Waals surface area contributed by atoms with Crippen LogP contribution in [0.4, 0.5) is 5.69 Å². The summed E-state index contributed by atoms with van der Waals surface area (Å²) in [7, 11) is -3.68. The number of amides is 1. The van der Waals surface area contributed by atoms with E-state index in [1.165, 1.54) is 37.5 Å². The van der Waals surface area contributed by atoms with Gasteiger partial charge in [-0.3, -0.25) is 9.89 Å². The molecule has 0 bridgehead atoms. The standard InChI is InChI=1S/C12H15N5O3S/c1-8(12-13-7-14-16-12)17-21(19,20)11-5-3-10(4-6-11)15-9(2)18/h3-8,17H,1-2H3,(H,15,18)(H,13,14,16). The predicted octanol–water partition coefficient (Wildman–Crippen LogP) is 0.803. The highest BCUT2D eigenvalue weighted by atomic mass is 32.2. The molecule has 0 fully saturated rings. The molecule has 0 aliphatic rings. The number of H-pyrrole nitrogens is 1. The van der Waals surface area contributed by atoms with Crippen molar-refractivity contribution >= 4 is 21.6 Å². The topological polar surface area (TPSA) is 117 Å². The van der Waals surface area contributed by atoms with Crippen LogP contribution in [0.15, 0.2) is 35.5 Å². The number of anilines is 1. The monoisotopic (exact) mass is 309 g/mol. The zero-order valence-electron chi connectivity index (χ0n) is 11.5. The lowest BCUT2D eigenvalue weighted by Gasteiger charge is -2.12. The van der Waals surface area contributed by atoms with Crippen LogP contribution in [-0.4, -0.2) is 29.5 Å². The Labute approximate surface area is 122 Å². The Hall–Kier alpha value is -2.26. The molecule has 0 saturated carbocycles. The van der Waals surface area contributed by atoms with E-state index in [9.17, 15) is 13.2 Å². The Morgan fingerprint density at radius 2 is 1.95 bits per heavy atom. The molecule has 2 rings (SSSR count). The lowest BCUT2D eigenvalue weighted by Crippen LogP contribution is -2.27. The molecule has 1 amide bonds. The third-order valence-electron chi connectivity index (χ3n) is 2.66. The third kappa shape index (κ3) is 3.86. The van der Waals surface area contributed by atoms with Gasteiger partial charge in [-0.15, -0.1) is 0 Å². The SMILES string of the molecule is CC(=O)Nc1ccc(S(=O)(=O)NC(C)c2ncn[nH]2)cc1. The quantitative estimate of drug-likeness (QED) is 0.755. The minimum Gasteiger partial charge on any atom is -0.326 e. The average Bonchev–Trinajstić information content (AvgIpc) is 2.92. The molecule has 0 radical (unpaired) electrons. The van der Waals surface area contributed by atoms with Crippen LogP contribution in [0.3, 0.4) is 0 Å². The van der Waals surface area contributed by atoms with Crippen LogP contribution in [-0.2, 0) is 14.8 Å². The van der Waals surface area contributed by atoms with E-state index in [-0.39, 0.29) is 10.8 Å². The first-order valence-corrected chi connectivity index (χ1v) is 7.62. The lowest BCUT2D eigenvalue weighted by atomic mass is 10.3. The van der Waals surface area contributed by atoms with E-state index in [2.05, 4.69) is 25.2 Å². The molecule has 0 aliphatic carbocycles. The van der Waals surface area contributed by atoms with E-state index >= 15 is 0 Å². The minimum absolute atomic E-state index is 0.1000. The molecule has 0 aliphatic heterocycles. The number of carbonyl (C=O) groups excluding carboxylic acids is 1. The Kier molecular flexibility index (Phi) is 4.34. The number of benzene rings is 1. The summed E-state index contributed by atoms with van der Waals surface area (Å²) in [4.78, 5) is 14.9. The van der Waals surface area contributed by atoms with Gasteiger partial charge in [-0.2, -0.15) is 5.10 Å². The predicted molar refractivity (Wildman–Crippen MR) is 75.9 cm³/mol. The van der Waals surface area contributed by atoms with Crippen molar-refractivity contribution in [1.82, 2.24) is 19.9 Å². The van der Waals surface area contributed by atoms with Crippen molar-refractivity contribution in [3.63, 3.8) is 0 Å². The normalized spacial score (nSPS) is 12.9. The molecule has 1 atom stereocenters. The molecule has 1 unspecified atom stereocenters. The van der Waals surface area contributed by atoms with Crippen LogP contribution in [0.5, 0.6) is 0 Å². The Morgan fingerprint density at radius 1 is 1.29 bits per heavy atom. The second-order valence-electron chi connectivity index (χ2n) is 4.42. The van der Waals surface area contributed by atoms with Gasteiger partial charge in [-0.25, -0.2) is 18.1 Å². The highest BCUT2D eigenvalue weighted by Crippen LogP contribution is 2.16. The molecule has 9 heteroatoms. The zero-order valence-corrected chi connectivity index (χ0v) is 12.3. The molecule has 0 saturated heterocycles. The van der Waals surface area contributed by atoms with E-state index in [1.807, 2.05) is 0 Å². The van der Waals surface area contributed by atoms with Gasteiger partial charge in [0, 0.05) is 12.6 Å². The fourth-order valence-corrected chi connectivity index (χ4v) is 2.91. The van der Waals surface area contributed by atoms with Gasteiger partial charge < -0.3 is 5.32 Å². The van der Waals surface area contributed by atoms with Crippen LogP contribution in [0.25, 0.3) is 0 Å². The van der Waals surface area contributed by atoms with Crippen molar-refractivity contribution < 1.29 is 13.2 Å². The summed E-state index contributed by atoms with van der Waals surface area (Å²) < 4.78 is 26.9. The van der Waals surface area contributed by atoms with E-state index in [4.69, 9.17) is 0 Å². The van der Waals surface area contributed by atoms with Gasteiger partial charge >= 0.3 is 0 Å². The maximum absolute atomic E-state index is 12.2. The van der Waals surface area contributed by atoms with Crippen molar-refractivity contribution in [1.29, 1.82) is 0 Å². The second kappa shape index (κ2) is 6.02. The summed E-state index contributed by atoms with van der Waals surface area (Å²) in [5, 5.41) is 8.85. The van der Waals surface area contributed by atoms with Crippen LogP contribution < -0.4 is 10.0 Å². The molecule has 1 aromatic carbocycles. The zero-order chi connectivity index (χ0) is 15.5. The highest BCUT2D eigenvalue weighted by molar-refractivity contribution is 7.89. The molecule has 8 nitrogen and oxygen atoms in total. The maximum atomic E-state index is 12.2. The Morgan fingerprint density at radius 3 is 2.48 bits per heavy atom. The number of rotatable bonds is 5. The number of nitrogens with zero attached hydrogens (tertiary/aromatic N) is 2. The van der Waals surface area contributed by atoms with E-state index in [0.29, 0.717) is 11.5 Å². The summed E-state index contributed by atoms with van der Waals surface area (Å²) in [6.45, 7) is 3.04. The first-order valence-electron chi connectivity index (χ1n) is 6.14. The number of carbonyl (C=O) groups is 1. The van der Waals surface area contributed by atoms with Gasteiger partial charge in [0.2, 0.25) is 15.9 Å². The number of nitrogens with one attached hydrogen (secondary N) is 3. The first-order chi connectivity index (χ1) is 9.88. The molecule has 1 aromatic heterocycles. The molecule has 3 N–H and O–H groups in total. The molecule has 21 heavy (non-hydrogen) atoms. The molecule has 112 valence electrons. The highest BCUT2D eigenvalue weighted by Gasteiger charge is 2.19. The van der Waals surface area contributed by atoms with Crippen LogP contribution >= 0.6 is 0 Å². The molecular weight excluding hydrogens is 294 g/mol. The third-order valence-corrected chi connectivity index (χ3v) is 4.22. The molecular formula is C12H15N5O3S. The number of hydrogen-bond acceptors (Lipinski definition) is 5. The van der Waals surface area contributed by atoms with Gasteiger partial charge in [0.15, 0.2) is 0 Å². The molecule has 0 spiro atoms. The van der Waals surface area contributed by atoms with E-state index in [0.717, 1.165) is 0 Å². The van der Waals surface area contributed by atoms with E-state index < -0.39 is 16.1 Å². The average molecular weight is 309 g/mol. The fourth-order valence-electron chi connectivity index (χ4n) is 1.70. The van der Waals surface area contributed by atoms with Crippen molar-refractivity contribution in [2.24, 2.45) is 0 Å². The summed E-state index contributed by atoms with van der Waals surface area (Å²) in [6, 6.07) is 5.35. The van der Waals surface area contributed by atoms with Crippen LogP contribution in [0, 0.1) is 0 Å². The van der Waals surface area contributed by atoms with Crippen molar-refractivity contribution in [2.75, 3.05) is 5.32 Å². The minimum atomic E-state index is -3.68. The fraction of sp³-hybridized carbons (Fsp3) is 0.250. The number of sulfonamides is 1. The Balaban J connectivity index is 2.14. The largest absolute Gasteiger partial charge is 0.326 e. The summed E-state index contributed by atoms with van der Waals surface area (Å²) >= 11 is 0. The van der Waals surface area contributed by atoms with Crippen molar-refractivity contribution in [3.05, 3.63) is 36.4 Å². The van der Waals surface area contributed by atoms with Gasteiger partial charge in [0.05, 0.1) is 10.9 Å². The van der Waals surface area contributed by atoms with Gasteiger partial charge in [-0.1, -0.05) is 0 Å². The van der Waals surface area contributed by atoms with Gasteiger partial charge in [0.1, 0.15) is 12.2 Å². The van der Waals surface area contributed by atoms with Crippen molar-refractivity contribution in [3.8, 4) is 0 Å². The number of aromatic nitrogens is 3. The smallest absolute Gasteiger partial charge is 0.241 e. The summed E-state index contributed by atoms with van der Waals surface area (Å²) in [5.41, 5.74) is 0.532. The second-order valence-corrected chi connectivity index (χ2v) is 6.13. The molecule has 2 aromatic rings. The number of hydrogen-bond donors (Lipinski definition) is 3.